The number of benzene rings is 2. The van der Waals surface area contributed by atoms with Gasteiger partial charge in [-0.05, 0) is 49.7 Å². The Hall–Kier alpha value is -3.00. The van der Waals surface area contributed by atoms with Gasteiger partial charge in [0, 0.05) is 49.7 Å². The van der Waals surface area contributed by atoms with Crippen LogP contribution in [0.25, 0.3) is 0 Å². The molecule has 0 aliphatic carbocycles. The lowest BCUT2D eigenvalue weighted by Gasteiger charge is -2.27. The Labute approximate surface area is 162 Å². The van der Waals surface area contributed by atoms with Crippen molar-refractivity contribution in [3.63, 3.8) is 0 Å². The molecule has 0 bridgehead atoms. The van der Waals surface area contributed by atoms with Crippen LogP contribution in [0.15, 0.2) is 48.5 Å². The predicted molar refractivity (Wildman–Crippen MR) is 106 cm³/mol. The molecule has 7 nitrogen and oxygen atoms in total. The monoisotopic (exact) mass is 386 g/mol. The number of halogens is 1. The highest BCUT2D eigenvalue weighted by atomic mass is 19.1. The highest BCUT2D eigenvalue weighted by molar-refractivity contribution is 5.94. The minimum absolute atomic E-state index is 0.0144. The smallest absolute Gasteiger partial charge is 0.269 e. The van der Waals surface area contributed by atoms with Crippen LogP contribution in [0.1, 0.15) is 13.3 Å². The Morgan fingerprint density at radius 2 is 1.75 bits per heavy atom. The maximum atomic E-state index is 13.1. The number of nitrogens with zero attached hydrogens (tertiary/aromatic N) is 3. The van der Waals surface area contributed by atoms with Gasteiger partial charge in [0.05, 0.1) is 11.0 Å². The lowest BCUT2D eigenvalue weighted by molar-refractivity contribution is -0.384. The van der Waals surface area contributed by atoms with Crippen molar-refractivity contribution in [1.29, 1.82) is 0 Å². The zero-order valence-corrected chi connectivity index (χ0v) is 15.7. The summed E-state index contributed by atoms with van der Waals surface area (Å²) < 4.78 is 13.1. The van der Waals surface area contributed by atoms with Crippen molar-refractivity contribution in [3.05, 3.63) is 64.5 Å². The van der Waals surface area contributed by atoms with Crippen molar-refractivity contribution >= 4 is 23.0 Å². The van der Waals surface area contributed by atoms with E-state index in [1.807, 2.05) is 6.92 Å². The summed E-state index contributed by atoms with van der Waals surface area (Å²) in [5.41, 5.74) is 1.50. The zero-order valence-electron chi connectivity index (χ0n) is 15.7. The van der Waals surface area contributed by atoms with Gasteiger partial charge in [-0.25, -0.2) is 4.39 Å². The number of nitro groups is 1. The summed E-state index contributed by atoms with van der Waals surface area (Å²) in [5, 5.41) is 13.5. The van der Waals surface area contributed by atoms with Crippen molar-refractivity contribution in [1.82, 2.24) is 4.90 Å². The topological polar surface area (TPSA) is 78.7 Å². The van der Waals surface area contributed by atoms with E-state index >= 15 is 0 Å². The van der Waals surface area contributed by atoms with Gasteiger partial charge in [0.25, 0.3) is 5.69 Å². The molecule has 148 valence electrons. The molecule has 1 atom stereocenters. The highest BCUT2D eigenvalue weighted by Crippen LogP contribution is 2.19. The van der Waals surface area contributed by atoms with Gasteiger partial charge in [-0.1, -0.05) is 0 Å². The van der Waals surface area contributed by atoms with Crippen LogP contribution in [0.4, 0.5) is 21.5 Å². The summed E-state index contributed by atoms with van der Waals surface area (Å²) in [6, 6.07) is 11.9. The maximum Gasteiger partial charge on any atom is 0.269 e. The average Bonchev–Trinajstić information content (AvgIpc) is 2.94. The molecular weight excluding hydrogens is 363 g/mol. The van der Waals surface area contributed by atoms with E-state index in [-0.39, 0.29) is 23.5 Å². The van der Waals surface area contributed by atoms with Crippen molar-refractivity contribution in [3.8, 4) is 0 Å². The second-order valence-electron chi connectivity index (χ2n) is 6.82. The number of non-ortho nitro benzene ring substituents is 1. The number of amides is 1. The minimum atomic E-state index is -0.474. The largest absolute Gasteiger partial charge is 0.370 e. The van der Waals surface area contributed by atoms with Crippen molar-refractivity contribution in [2.75, 3.05) is 36.4 Å². The number of hydrogen-bond donors (Lipinski definition) is 1. The number of rotatable bonds is 5. The molecule has 0 spiro atoms. The normalized spacial score (nSPS) is 16.3. The Balaban J connectivity index is 1.57. The number of nitro benzene ring substituents is 1. The Morgan fingerprint density at radius 3 is 2.39 bits per heavy atom. The standard InChI is InChI=1S/C20H23FN4O3/c1-15(20(26)22-17-5-9-19(10-6-17)25(27)28)23-11-2-12-24(14-13-23)18-7-3-16(21)4-8-18/h3-10,15H,2,11-14H2,1H3,(H,22,26). The van der Waals surface area contributed by atoms with Gasteiger partial charge >= 0.3 is 0 Å². The van der Waals surface area contributed by atoms with Crippen LogP contribution in [0.2, 0.25) is 0 Å². The van der Waals surface area contributed by atoms with E-state index in [2.05, 4.69) is 15.1 Å². The fourth-order valence-electron chi connectivity index (χ4n) is 3.31. The minimum Gasteiger partial charge on any atom is -0.370 e. The first-order chi connectivity index (χ1) is 13.4. The maximum absolute atomic E-state index is 13.1. The zero-order chi connectivity index (χ0) is 20.1. The third-order valence-corrected chi connectivity index (χ3v) is 5.00. The summed E-state index contributed by atoms with van der Waals surface area (Å²) in [6.45, 7) is 4.95. The molecule has 0 radical (unpaired) electrons. The van der Waals surface area contributed by atoms with Gasteiger partial charge in [0.2, 0.25) is 5.91 Å². The van der Waals surface area contributed by atoms with E-state index in [4.69, 9.17) is 0 Å². The first-order valence-electron chi connectivity index (χ1n) is 9.24. The predicted octanol–water partition coefficient (Wildman–Crippen LogP) is 3.27. The molecule has 1 fully saturated rings. The molecule has 2 aromatic rings. The SMILES string of the molecule is CC(C(=O)Nc1ccc([N+](=O)[O-])cc1)N1CCCN(c2ccc(F)cc2)CC1. The van der Waals surface area contributed by atoms with E-state index in [0.717, 1.165) is 31.7 Å². The van der Waals surface area contributed by atoms with Crippen LogP contribution >= 0.6 is 0 Å². The summed E-state index contributed by atoms with van der Waals surface area (Å²) in [6.07, 6.45) is 0.895. The van der Waals surface area contributed by atoms with Gasteiger partial charge in [0.1, 0.15) is 5.82 Å². The first-order valence-corrected chi connectivity index (χ1v) is 9.24. The molecule has 1 amide bonds. The van der Waals surface area contributed by atoms with Crippen molar-refractivity contribution in [2.24, 2.45) is 0 Å². The number of carbonyl (C=O) groups is 1. The Morgan fingerprint density at radius 1 is 1.07 bits per heavy atom. The van der Waals surface area contributed by atoms with E-state index in [1.54, 1.807) is 12.1 Å². The quantitative estimate of drug-likeness (QED) is 0.630. The van der Waals surface area contributed by atoms with Gasteiger partial charge in [-0.3, -0.25) is 19.8 Å². The molecule has 0 saturated carbocycles. The first kappa shape index (κ1) is 19.8. The van der Waals surface area contributed by atoms with Crippen LogP contribution in [-0.2, 0) is 4.79 Å². The third-order valence-electron chi connectivity index (χ3n) is 5.00. The van der Waals surface area contributed by atoms with Crippen LogP contribution in [0, 0.1) is 15.9 Å². The lowest BCUT2D eigenvalue weighted by Crippen LogP contribution is -2.43. The fraction of sp³-hybridized carbons (Fsp3) is 0.350. The molecule has 1 aliphatic heterocycles. The van der Waals surface area contributed by atoms with E-state index in [9.17, 15) is 19.3 Å². The average molecular weight is 386 g/mol. The van der Waals surface area contributed by atoms with Gasteiger partial charge in [0.15, 0.2) is 0 Å². The highest BCUT2D eigenvalue weighted by Gasteiger charge is 2.24. The van der Waals surface area contributed by atoms with Gasteiger partial charge < -0.3 is 10.2 Å². The molecule has 2 aromatic carbocycles. The van der Waals surface area contributed by atoms with Crippen molar-refractivity contribution in [2.45, 2.75) is 19.4 Å². The lowest BCUT2D eigenvalue weighted by atomic mass is 10.2. The molecule has 1 aliphatic rings. The van der Waals surface area contributed by atoms with Crippen molar-refractivity contribution < 1.29 is 14.1 Å². The second kappa shape index (κ2) is 8.79. The summed E-state index contributed by atoms with van der Waals surface area (Å²) in [5.74, 6) is -0.402. The molecule has 1 saturated heterocycles. The van der Waals surface area contributed by atoms with Crippen LogP contribution < -0.4 is 10.2 Å². The number of nitrogens with one attached hydrogen (secondary N) is 1. The molecule has 28 heavy (non-hydrogen) atoms. The summed E-state index contributed by atoms with van der Waals surface area (Å²) in [4.78, 5) is 27.1. The van der Waals surface area contributed by atoms with E-state index < -0.39 is 4.92 Å². The molecule has 1 N–H and O–H groups in total. The molecule has 0 aromatic heterocycles. The number of carbonyl (C=O) groups excluding carboxylic acids is 1. The molecule has 8 heteroatoms. The Kier molecular flexibility index (Phi) is 6.20. The molecule has 1 unspecified atom stereocenters. The molecule has 3 rings (SSSR count). The fourth-order valence-corrected chi connectivity index (χ4v) is 3.31. The molecule has 1 heterocycles. The van der Waals surface area contributed by atoms with E-state index in [1.165, 1.54) is 36.4 Å². The number of hydrogen-bond acceptors (Lipinski definition) is 5. The molecular formula is C20H23FN4O3. The van der Waals surface area contributed by atoms with Gasteiger partial charge in [-0.15, -0.1) is 0 Å². The van der Waals surface area contributed by atoms with Crippen LogP contribution in [0.5, 0.6) is 0 Å². The van der Waals surface area contributed by atoms with Gasteiger partial charge in [-0.2, -0.15) is 0 Å². The summed E-state index contributed by atoms with van der Waals surface area (Å²) in [7, 11) is 0. The Bertz CT molecular complexity index is 826. The number of anilines is 2. The van der Waals surface area contributed by atoms with E-state index in [0.29, 0.717) is 12.2 Å². The van der Waals surface area contributed by atoms with Crippen LogP contribution in [-0.4, -0.2) is 48.0 Å². The second-order valence-corrected chi connectivity index (χ2v) is 6.82. The summed E-state index contributed by atoms with van der Waals surface area (Å²) >= 11 is 0. The third kappa shape index (κ3) is 4.83. The van der Waals surface area contributed by atoms with Crippen LogP contribution in [0.3, 0.4) is 0 Å².